The maximum atomic E-state index is 12.8. The van der Waals surface area contributed by atoms with Crippen LogP contribution in [0.15, 0.2) is 12.1 Å². The van der Waals surface area contributed by atoms with Crippen molar-refractivity contribution in [3.8, 4) is 11.8 Å². The first-order chi connectivity index (χ1) is 6.56. The Labute approximate surface area is 78.2 Å². The molecule has 0 atom stereocenters. The third kappa shape index (κ3) is 1.77. The van der Waals surface area contributed by atoms with Crippen LogP contribution in [0.25, 0.3) is 0 Å². The Kier molecular flexibility index (Phi) is 2.62. The second kappa shape index (κ2) is 3.70. The van der Waals surface area contributed by atoms with Gasteiger partial charge >= 0.3 is 5.69 Å². The molecule has 0 fully saturated rings. The largest absolute Gasteiger partial charge is 0.502 e. The topological polar surface area (TPSA) is 87.2 Å². The lowest BCUT2D eigenvalue weighted by atomic mass is 10.1. The Morgan fingerprint density at radius 2 is 2.29 bits per heavy atom. The van der Waals surface area contributed by atoms with Gasteiger partial charge in [-0.25, -0.2) is 4.39 Å². The minimum absolute atomic E-state index is 0.0841. The molecule has 14 heavy (non-hydrogen) atoms. The number of nitriles is 1. The van der Waals surface area contributed by atoms with Crippen molar-refractivity contribution < 1.29 is 14.4 Å². The highest BCUT2D eigenvalue weighted by atomic mass is 19.1. The number of halogens is 1. The van der Waals surface area contributed by atoms with Crippen LogP contribution in [0.3, 0.4) is 0 Å². The van der Waals surface area contributed by atoms with E-state index >= 15 is 0 Å². The number of phenolic OH excluding ortho intramolecular Hbond substituents is 1. The van der Waals surface area contributed by atoms with E-state index in [2.05, 4.69) is 0 Å². The summed E-state index contributed by atoms with van der Waals surface area (Å²) in [6.07, 6.45) is -0.273. The number of hydrogen-bond donors (Lipinski definition) is 1. The quantitative estimate of drug-likeness (QED) is 0.573. The minimum atomic E-state index is -0.903. The van der Waals surface area contributed by atoms with Crippen molar-refractivity contribution >= 4 is 5.69 Å². The Morgan fingerprint density at radius 1 is 1.64 bits per heavy atom. The van der Waals surface area contributed by atoms with E-state index in [0.717, 1.165) is 6.07 Å². The first kappa shape index (κ1) is 9.92. The summed E-state index contributed by atoms with van der Waals surface area (Å²) in [7, 11) is 0. The minimum Gasteiger partial charge on any atom is -0.502 e. The van der Waals surface area contributed by atoms with Crippen LogP contribution in [0.5, 0.6) is 5.75 Å². The summed E-state index contributed by atoms with van der Waals surface area (Å²) >= 11 is 0. The SMILES string of the molecule is N#CCc1cc(F)cc([N+](=O)[O-])c1O. The van der Waals surface area contributed by atoms with Crippen molar-refractivity contribution in [2.45, 2.75) is 6.42 Å². The van der Waals surface area contributed by atoms with Crippen molar-refractivity contribution in [1.29, 1.82) is 5.26 Å². The monoisotopic (exact) mass is 196 g/mol. The van der Waals surface area contributed by atoms with Crippen molar-refractivity contribution in [2.75, 3.05) is 0 Å². The lowest BCUT2D eigenvalue weighted by Crippen LogP contribution is -1.94. The molecule has 0 saturated heterocycles. The molecular weight excluding hydrogens is 191 g/mol. The number of hydrogen-bond acceptors (Lipinski definition) is 4. The molecule has 0 aliphatic heterocycles. The number of nitro benzene ring substituents is 1. The molecule has 1 aromatic carbocycles. The van der Waals surface area contributed by atoms with Crippen molar-refractivity contribution in [3.63, 3.8) is 0 Å². The van der Waals surface area contributed by atoms with Crippen LogP contribution < -0.4 is 0 Å². The van der Waals surface area contributed by atoms with Crippen LogP contribution in [-0.4, -0.2) is 10.0 Å². The van der Waals surface area contributed by atoms with Gasteiger partial charge in [0.1, 0.15) is 5.82 Å². The predicted octanol–water partition coefficient (Wildman–Crippen LogP) is 1.51. The summed E-state index contributed by atoms with van der Waals surface area (Å²) < 4.78 is 12.8. The molecule has 0 aliphatic rings. The van der Waals surface area contributed by atoms with Crippen LogP contribution >= 0.6 is 0 Å². The van der Waals surface area contributed by atoms with Gasteiger partial charge in [-0.3, -0.25) is 10.1 Å². The highest BCUT2D eigenvalue weighted by Crippen LogP contribution is 2.30. The molecule has 0 unspecified atom stereocenters. The predicted molar refractivity (Wildman–Crippen MR) is 44.0 cm³/mol. The van der Waals surface area contributed by atoms with E-state index in [9.17, 15) is 19.6 Å². The van der Waals surface area contributed by atoms with Gasteiger partial charge in [0, 0.05) is 5.56 Å². The number of nitro groups is 1. The van der Waals surface area contributed by atoms with Crippen molar-refractivity contribution in [3.05, 3.63) is 33.6 Å². The van der Waals surface area contributed by atoms with E-state index in [4.69, 9.17) is 5.26 Å². The number of benzene rings is 1. The van der Waals surface area contributed by atoms with E-state index in [1.54, 1.807) is 6.07 Å². The summed E-state index contributed by atoms with van der Waals surface area (Å²) in [5.74, 6) is -1.50. The highest BCUT2D eigenvalue weighted by molar-refractivity contribution is 5.51. The van der Waals surface area contributed by atoms with Gasteiger partial charge in [0.05, 0.1) is 23.5 Å². The zero-order valence-electron chi connectivity index (χ0n) is 6.90. The zero-order valence-corrected chi connectivity index (χ0v) is 6.90. The zero-order chi connectivity index (χ0) is 10.7. The summed E-state index contributed by atoms with van der Waals surface area (Å²) in [5.41, 5.74) is -0.811. The summed E-state index contributed by atoms with van der Waals surface area (Å²) in [6, 6.07) is 3.17. The molecule has 0 saturated carbocycles. The van der Waals surface area contributed by atoms with Crippen molar-refractivity contribution in [2.24, 2.45) is 0 Å². The van der Waals surface area contributed by atoms with Crippen molar-refractivity contribution in [1.82, 2.24) is 0 Å². The molecule has 0 aromatic heterocycles. The Hall–Kier alpha value is -2.16. The summed E-state index contributed by atoms with van der Waals surface area (Å²) in [5, 5.41) is 27.9. The number of nitrogens with zero attached hydrogens (tertiary/aromatic N) is 2. The van der Waals surface area contributed by atoms with Gasteiger partial charge in [-0.1, -0.05) is 0 Å². The summed E-state index contributed by atoms with van der Waals surface area (Å²) in [6.45, 7) is 0. The molecule has 1 aromatic rings. The molecular formula is C8H5FN2O3. The first-order valence-electron chi connectivity index (χ1n) is 3.59. The van der Waals surface area contributed by atoms with Gasteiger partial charge in [-0.05, 0) is 6.07 Å². The van der Waals surface area contributed by atoms with Crippen LogP contribution in [0.2, 0.25) is 0 Å². The van der Waals surface area contributed by atoms with Gasteiger partial charge in [-0.2, -0.15) is 5.26 Å². The number of rotatable bonds is 2. The Balaban J connectivity index is 3.33. The molecule has 6 heteroatoms. The standard InChI is InChI=1S/C8H5FN2O3/c9-6-3-5(1-2-10)8(12)7(4-6)11(13)14/h3-4,12H,1H2. The molecule has 72 valence electrons. The van der Waals surface area contributed by atoms with Crippen LogP contribution in [0.4, 0.5) is 10.1 Å². The molecule has 0 heterocycles. The van der Waals surface area contributed by atoms with Crippen LogP contribution in [-0.2, 0) is 6.42 Å². The molecule has 0 bridgehead atoms. The summed E-state index contributed by atoms with van der Waals surface area (Å²) in [4.78, 5) is 9.42. The fraction of sp³-hybridized carbons (Fsp3) is 0.125. The van der Waals surface area contributed by atoms with Gasteiger partial charge < -0.3 is 5.11 Å². The molecule has 0 radical (unpaired) electrons. The van der Waals surface area contributed by atoms with E-state index < -0.39 is 22.2 Å². The lowest BCUT2D eigenvalue weighted by molar-refractivity contribution is -0.386. The number of phenols is 1. The fourth-order valence-corrected chi connectivity index (χ4v) is 0.999. The average molecular weight is 196 g/mol. The van der Waals surface area contributed by atoms with E-state index in [1.807, 2.05) is 0 Å². The highest BCUT2D eigenvalue weighted by Gasteiger charge is 2.18. The molecule has 1 N–H and O–H groups in total. The van der Waals surface area contributed by atoms with Crippen LogP contribution in [0, 0.1) is 27.3 Å². The Morgan fingerprint density at radius 3 is 2.79 bits per heavy atom. The van der Waals surface area contributed by atoms with Gasteiger partial charge in [0.25, 0.3) is 0 Å². The van der Waals surface area contributed by atoms with Crippen LogP contribution in [0.1, 0.15) is 5.56 Å². The first-order valence-corrected chi connectivity index (χ1v) is 3.59. The molecule has 0 aliphatic carbocycles. The van der Waals surface area contributed by atoms with E-state index in [0.29, 0.717) is 6.07 Å². The second-order valence-electron chi connectivity index (χ2n) is 2.52. The van der Waals surface area contributed by atoms with E-state index in [1.165, 1.54) is 0 Å². The normalized spacial score (nSPS) is 9.43. The smallest absolute Gasteiger partial charge is 0.313 e. The molecule has 5 nitrogen and oxygen atoms in total. The average Bonchev–Trinajstić information content (AvgIpc) is 2.10. The second-order valence-corrected chi connectivity index (χ2v) is 2.52. The van der Waals surface area contributed by atoms with Gasteiger partial charge in [0.2, 0.25) is 0 Å². The van der Waals surface area contributed by atoms with Gasteiger partial charge in [0.15, 0.2) is 5.75 Å². The third-order valence-corrected chi connectivity index (χ3v) is 1.60. The molecule has 1 rings (SSSR count). The molecule has 0 amide bonds. The number of aromatic hydroxyl groups is 1. The van der Waals surface area contributed by atoms with E-state index in [-0.39, 0.29) is 12.0 Å². The fourth-order valence-electron chi connectivity index (χ4n) is 0.999. The molecule has 0 spiro atoms. The lowest BCUT2D eigenvalue weighted by Gasteiger charge is -2.00. The maximum Gasteiger partial charge on any atom is 0.313 e. The maximum absolute atomic E-state index is 12.8. The third-order valence-electron chi connectivity index (χ3n) is 1.60. The van der Waals surface area contributed by atoms with Gasteiger partial charge in [-0.15, -0.1) is 0 Å². The Bertz CT molecular complexity index is 425.